The molecule has 0 aromatic carbocycles. The number of hydrogen-bond donors (Lipinski definition) is 1. The smallest absolute Gasteiger partial charge is 0.383 e. The predicted octanol–water partition coefficient (Wildman–Crippen LogP) is 3.29. The van der Waals surface area contributed by atoms with Gasteiger partial charge in [-0.3, -0.25) is 4.98 Å². The molecule has 0 fully saturated rings. The maximum atomic E-state index is 12.4. The number of nitrogens with zero attached hydrogens (tertiary/aromatic N) is 2. The molecule has 0 aliphatic carbocycles. The van der Waals surface area contributed by atoms with Gasteiger partial charge in [0.15, 0.2) is 5.01 Å². The van der Waals surface area contributed by atoms with Crippen molar-refractivity contribution in [2.75, 3.05) is 0 Å². The van der Waals surface area contributed by atoms with Gasteiger partial charge in [0.25, 0.3) is 0 Å². The van der Waals surface area contributed by atoms with E-state index in [4.69, 9.17) is 11.6 Å². The zero-order valence-electron chi connectivity index (χ0n) is 8.65. The molecule has 2 rings (SSSR count). The Hall–Kier alpha value is -1.18. The van der Waals surface area contributed by atoms with Crippen LogP contribution in [0.4, 0.5) is 13.2 Å². The van der Waals surface area contributed by atoms with Crippen molar-refractivity contribution < 1.29 is 18.3 Å². The number of pyridine rings is 1. The highest BCUT2D eigenvalue weighted by Gasteiger charge is 2.35. The van der Waals surface area contributed by atoms with Gasteiger partial charge in [-0.1, -0.05) is 11.6 Å². The molecule has 0 aliphatic heterocycles. The Morgan fingerprint density at radius 2 is 2.06 bits per heavy atom. The molecule has 0 saturated heterocycles. The second-order valence-electron chi connectivity index (χ2n) is 3.37. The van der Waals surface area contributed by atoms with Crippen molar-refractivity contribution in [3.63, 3.8) is 0 Å². The van der Waals surface area contributed by atoms with Crippen molar-refractivity contribution in [2.45, 2.75) is 12.3 Å². The van der Waals surface area contributed by atoms with Crippen LogP contribution in [0.1, 0.15) is 21.6 Å². The molecule has 0 radical (unpaired) electrons. The zero-order valence-corrected chi connectivity index (χ0v) is 10.2. The third-order valence-corrected chi connectivity index (χ3v) is 3.54. The van der Waals surface area contributed by atoms with Gasteiger partial charge in [0, 0.05) is 24.2 Å². The molecule has 1 atom stereocenters. The molecule has 0 spiro atoms. The highest BCUT2D eigenvalue weighted by atomic mass is 35.5. The van der Waals surface area contributed by atoms with E-state index in [0.717, 1.165) is 6.20 Å². The van der Waals surface area contributed by atoms with E-state index in [1.54, 1.807) is 0 Å². The monoisotopic (exact) mass is 294 g/mol. The Morgan fingerprint density at radius 3 is 2.61 bits per heavy atom. The molecule has 1 N–H and O–H groups in total. The number of rotatable bonds is 2. The lowest BCUT2D eigenvalue weighted by Gasteiger charge is -2.09. The highest BCUT2D eigenvalue weighted by molar-refractivity contribution is 7.11. The second-order valence-corrected chi connectivity index (χ2v) is 4.83. The molecule has 0 aliphatic rings. The number of aliphatic hydroxyl groups excluding tert-OH is 1. The first-order valence-corrected chi connectivity index (χ1v) is 5.89. The van der Waals surface area contributed by atoms with Crippen LogP contribution >= 0.6 is 22.9 Å². The van der Waals surface area contributed by atoms with Crippen LogP contribution in [-0.2, 0) is 6.18 Å². The summed E-state index contributed by atoms with van der Waals surface area (Å²) in [5.41, 5.74) is 0.295. The molecule has 1 unspecified atom stereocenters. The quantitative estimate of drug-likeness (QED) is 0.924. The van der Waals surface area contributed by atoms with Gasteiger partial charge in [-0.15, -0.1) is 11.3 Å². The standard InChI is InChI=1S/C10H6ClF3N2OS/c11-6-3-15-2-1-5(6)8(17)7-4-16-9(18-7)10(12,13)14/h1-4,8,17H. The number of halogens is 4. The summed E-state index contributed by atoms with van der Waals surface area (Å²) in [6.45, 7) is 0. The number of aromatic nitrogens is 2. The average molecular weight is 295 g/mol. The Balaban J connectivity index is 2.33. The molecule has 3 nitrogen and oxygen atoms in total. The van der Waals surface area contributed by atoms with E-state index in [-0.39, 0.29) is 9.90 Å². The van der Waals surface area contributed by atoms with Crippen LogP contribution in [0.5, 0.6) is 0 Å². The summed E-state index contributed by atoms with van der Waals surface area (Å²) in [5, 5.41) is 9.13. The predicted molar refractivity (Wildman–Crippen MR) is 60.4 cm³/mol. The topological polar surface area (TPSA) is 46.0 Å². The number of aliphatic hydroxyl groups is 1. The van der Waals surface area contributed by atoms with Gasteiger partial charge in [0.1, 0.15) is 6.10 Å². The fraction of sp³-hybridized carbons (Fsp3) is 0.200. The van der Waals surface area contributed by atoms with E-state index >= 15 is 0 Å². The third-order valence-electron chi connectivity index (χ3n) is 2.13. The van der Waals surface area contributed by atoms with Crippen molar-refractivity contribution in [3.8, 4) is 0 Å². The molecule has 0 saturated carbocycles. The molecule has 2 aromatic rings. The molecular formula is C10H6ClF3N2OS. The Morgan fingerprint density at radius 1 is 1.33 bits per heavy atom. The largest absolute Gasteiger partial charge is 0.443 e. The summed E-state index contributed by atoms with van der Waals surface area (Å²) < 4.78 is 37.1. The molecule has 0 bridgehead atoms. The van der Waals surface area contributed by atoms with Gasteiger partial charge < -0.3 is 5.11 Å². The molecule has 8 heteroatoms. The SMILES string of the molecule is OC(c1cnc(C(F)(F)F)s1)c1ccncc1Cl. The zero-order chi connectivity index (χ0) is 13.3. The first-order chi connectivity index (χ1) is 8.39. The molecule has 18 heavy (non-hydrogen) atoms. The third kappa shape index (κ3) is 2.63. The van der Waals surface area contributed by atoms with Gasteiger partial charge in [0.05, 0.1) is 9.90 Å². The van der Waals surface area contributed by atoms with Crippen LogP contribution in [0.25, 0.3) is 0 Å². The van der Waals surface area contributed by atoms with Crippen molar-refractivity contribution in [1.82, 2.24) is 9.97 Å². The van der Waals surface area contributed by atoms with Crippen molar-refractivity contribution in [1.29, 1.82) is 0 Å². The van der Waals surface area contributed by atoms with Crippen LogP contribution in [-0.4, -0.2) is 15.1 Å². The summed E-state index contributed by atoms with van der Waals surface area (Å²) in [7, 11) is 0. The minimum absolute atomic E-state index is 0.0791. The average Bonchev–Trinajstić information content (AvgIpc) is 2.77. The van der Waals surface area contributed by atoms with Gasteiger partial charge in [-0.25, -0.2) is 4.98 Å². The number of alkyl halides is 3. The Bertz CT molecular complexity index is 558. The lowest BCUT2D eigenvalue weighted by atomic mass is 10.1. The van der Waals surface area contributed by atoms with E-state index < -0.39 is 17.3 Å². The van der Waals surface area contributed by atoms with E-state index in [9.17, 15) is 18.3 Å². The Kier molecular flexibility index (Phi) is 3.56. The molecule has 0 amide bonds. The van der Waals surface area contributed by atoms with Crippen LogP contribution < -0.4 is 0 Å². The number of hydrogen-bond acceptors (Lipinski definition) is 4. The van der Waals surface area contributed by atoms with E-state index in [1.165, 1.54) is 18.5 Å². The number of thiazole rings is 1. The van der Waals surface area contributed by atoms with E-state index in [2.05, 4.69) is 9.97 Å². The van der Waals surface area contributed by atoms with Gasteiger partial charge in [-0.05, 0) is 6.07 Å². The molecular weight excluding hydrogens is 289 g/mol. The van der Waals surface area contributed by atoms with Crippen molar-refractivity contribution in [3.05, 3.63) is 45.1 Å². The first-order valence-electron chi connectivity index (χ1n) is 4.70. The molecule has 2 heterocycles. The van der Waals surface area contributed by atoms with Crippen LogP contribution in [0.2, 0.25) is 5.02 Å². The molecule has 2 aromatic heterocycles. The second kappa shape index (κ2) is 4.83. The summed E-state index contributed by atoms with van der Waals surface area (Å²) in [5.74, 6) is 0. The summed E-state index contributed by atoms with van der Waals surface area (Å²) in [6, 6.07) is 1.44. The maximum Gasteiger partial charge on any atom is 0.443 e. The van der Waals surface area contributed by atoms with Crippen molar-refractivity contribution in [2.24, 2.45) is 0 Å². The fourth-order valence-corrected chi connectivity index (χ4v) is 2.32. The van der Waals surface area contributed by atoms with Crippen LogP contribution in [0.3, 0.4) is 0 Å². The summed E-state index contributed by atoms with van der Waals surface area (Å²) in [4.78, 5) is 7.05. The van der Waals surface area contributed by atoms with E-state index in [1.807, 2.05) is 0 Å². The lowest BCUT2D eigenvalue weighted by Crippen LogP contribution is -2.03. The van der Waals surface area contributed by atoms with Crippen LogP contribution in [0, 0.1) is 0 Å². The fourth-order valence-electron chi connectivity index (χ4n) is 1.31. The Labute approximate surface area is 109 Å². The van der Waals surface area contributed by atoms with Gasteiger partial charge in [0.2, 0.25) is 0 Å². The first kappa shape index (κ1) is 13.3. The summed E-state index contributed by atoms with van der Waals surface area (Å²) in [6.07, 6.45) is -2.05. The van der Waals surface area contributed by atoms with Crippen molar-refractivity contribution >= 4 is 22.9 Å². The molecule has 96 valence electrons. The van der Waals surface area contributed by atoms with E-state index in [0.29, 0.717) is 16.9 Å². The van der Waals surface area contributed by atoms with Gasteiger partial charge >= 0.3 is 6.18 Å². The maximum absolute atomic E-state index is 12.4. The highest BCUT2D eigenvalue weighted by Crippen LogP contribution is 2.36. The minimum atomic E-state index is -4.51. The lowest BCUT2D eigenvalue weighted by molar-refractivity contribution is -0.137. The van der Waals surface area contributed by atoms with Crippen LogP contribution in [0.15, 0.2) is 24.7 Å². The normalized spacial score (nSPS) is 13.6. The van der Waals surface area contributed by atoms with Gasteiger partial charge in [-0.2, -0.15) is 13.2 Å². The minimum Gasteiger partial charge on any atom is -0.383 e. The summed E-state index contributed by atoms with van der Waals surface area (Å²) >= 11 is 6.19.